The van der Waals surface area contributed by atoms with Crippen molar-refractivity contribution < 1.29 is 9.26 Å². The standard InChI is InChI=1S/C16H20N4O3/c1-22-10-15-17-14(18-23-15)9-19-6-11-5-12(8-19)13-3-2-4-16(21)20(13)7-11/h2-4,11-12H,5-10H2,1H3/t11-,12+/m1/s1. The van der Waals surface area contributed by atoms with Crippen LogP contribution < -0.4 is 5.56 Å². The Kier molecular flexibility index (Phi) is 3.74. The predicted octanol–water partition coefficient (Wildman–Crippen LogP) is 0.997. The minimum absolute atomic E-state index is 0.119. The van der Waals surface area contributed by atoms with E-state index in [0.717, 1.165) is 31.7 Å². The summed E-state index contributed by atoms with van der Waals surface area (Å²) in [6.07, 6.45) is 1.15. The van der Waals surface area contributed by atoms with Crippen molar-refractivity contribution in [2.75, 3.05) is 20.2 Å². The third kappa shape index (κ3) is 2.82. The number of likely N-dealkylation sites (tertiary alicyclic amines) is 1. The molecule has 2 aliphatic heterocycles. The highest BCUT2D eigenvalue weighted by Gasteiger charge is 2.34. The molecule has 4 rings (SSSR count). The topological polar surface area (TPSA) is 73.4 Å². The van der Waals surface area contributed by atoms with Gasteiger partial charge >= 0.3 is 0 Å². The van der Waals surface area contributed by atoms with Gasteiger partial charge in [0.2, 0.25) is 0 Å². The van der Waals surface area contributed by atoms with Gasteiger partial charge in [0.1, 0.15) is 6.61 Å². The van der Waals surface area contributed by atoms with Crippen molar-refractivity contribution in [3.63, 3.8) is 0 Å². The van der Waals surface area contributed by atoms with Crippen LogP contribution in [-0.4, -0.2) is 39.8 Å². The van der Waals surface area contributed by atoms with Crippen molar-refractivity contribution >= 4 is 0 Å². The monoisotopic (exact) mass is 316 g/mol. The van der Waals surface area contributed by atoms with Crippen LogP contribution in [0.1, 0.15) is 29.7 Å². The van der Waals surface area contributed by atoms with Crippen molar-refractivity contribution in [2.24, 2.45) is 5.92 Å². The number of piperidine rings is 1. The van der Waals surface area contributed by atoms with Crippen molar-refractivity contribution in [1.82, 2.24) is 19.6 Å². The number of nitrogens with zero attached hydrogens (tertiary/aromatic N) is 4. The number of pyridine rings is 1. The Balaban J connectivity index is 1.50. The molecular formula is C16H20N4O3. The summed E-state index contributed by atoms with van der Waals surface area (Å²) in [6, 6.07) is 5.60. The van der Waals surface area contributed by atoms with E-state index in [1.54, 1.807) is 13.2 Å². The fourth-order valence-electron chi connectivity index (χ4n) is 3.86. The van der Waals surface area contributed by atoms with E-state index in [9.17, 15) is 4.79 Å². The average Bonchev–Trinajstić information content (AvgIpc) is 2.96. The summed E-state index contributed by atoms with van der Waals surface area (Å²) in [6.45, 7) is 3.72. The Morgan fingerprint density at radius 1 is 1.35 bits per heavy atom. The zero-order valence-corrected chi connectivity index (χ0v) is 13.1. The summed E-state index contributed by atoms with van der Waals surface area (Å²) < 4.78 is 12.1. The summed E-state index contributed by atoms with van der Waals surface area (Å²) >= 11 is 0. The van der Waals surface area contributed by atoms with Crippen molar-refractivity contribution in [3.05, 3.63) is 46.0 Å². The number of aromatic nitrogens is 3. The molecule has 0 spiro atoms. The lowest BCUT2D eigenvalue weighted by Gasteiger charge is -2.42. The first kappa shape index (κ1) is 14.6. The van der Waals surface area contributed by atoms with E-state index >= 15 is 0 Å². The molecule has 1 saturated heterocycles. The maximum Gasteiger partial charge on any atom is 0.252 e. The fraction of sp³-hybridized carbons (Fsp3) is 0.562. The molecule has 0 radical (unpaired) electrons. The molecule has 0 amide bonds. The molecule has 2 bridgehead atoms. The minimum atomic E-state index is 0.119. The van der Waals surface area contributed by atoms with Crippen LogP contribution in [0.3, 0.4) is 0 Å². The van der Waals surface area contributed by atoms with Crippen LogP contribution in [0.2, 0.25) is 0 Å². The molecule has 2 aliphatic rings. The van der Waals surface area contributed by atoms with Gasteiger partial charge in [-0.1, -0.05) is 11.2 Å². The lowest BCUT2D eigenvalue weighted by atomic mass is 9.83. The molecule has 0 aliphatic carbocycles. The first-order valence-corrected chi connectivity index (χ1v) is 7.95. The normalized spacial score (nSPS) is 23.7. The second-order valence-electron chi connectivity index (χ2n) is 6.43. The molecule has 122 valence electrons. The quantitative estimate of drug-likeness (QED) is 0.838. The maximum atomic E-state index is 12.0. The van der Waals surface area contributed by atoms with Gasteiger partial charge in [-0.15, -0.1) is 0 Å². The van der Waals surface area contributed by atoms with Gasteiger partial charge in [-0.25, -0.2) is 0 Å². The van der Waals surface area contributed by atoms with Crippen molar-refractivity contribution in [3.8, 4) is 0 Å². The fourth-order valence-corrected chi connectivity index (χ4v) is 3.86. The third-order valence-electron chi connectivity index (χ3n) is 4.70. The number of hydrogen-bond acceptors (Lipinski definition) is 6. The molecule has 2 atom stereocenters. The lowest BCUT2D eigenvalue weighted by Crippen LogP contribution is -2.46. The smallest absolute Gasteiger partial charge is 0.252 e. The zero-order chi connectivity index (χ0) is 15.8. The van der Waals surface area contributed by atoms with Gasteiger partial charge in [0.15, 0.2) is 5.82 Å². The molecule has 7 nitrogen and oxygen atoms in total. The number of hydrogen-bond donors (Lipinski definition) is 0. The predicted molar refractivity (Wildman–Crippen MR) is 81.8 cm³/mol. The molecule has 2 aromatic heterocycles. The minimum Gasteiger partial charge on any atom is -0.375 e. The number of ether oxygens (including phenoxy) is 1. The third-order valence-corrected chi connectivity index (χ3v) is 4.70. The van der Waals surface area contributed by atoms with Crippen LogP contribution in [0, 0.1) is 5.92 Å². The first-order valence-electron chi connectivity index (χ1n) is 7.95. The number of fused-ring (bicyclic) bond motifs is 4. The summed E-state index contributed by atoms with van der Waals surface area (Å²) in [7, 11) is 1.61. The molecule has 0 N–H and O–H groups in total. The molecule has 23 heavy (non-hydrogen) atoms. The molecule has 2 aromatic rings. The second-order valence-corrected chi connectivity index (χ2v) is 6.43. The Morgan fingerprint density at radius 2 is 2.26 bits per heavy atom. The Bertz CT molecular complexity index is 754. The number of methoxy groups -OCH3 is 1. The van der Waals surface area contributed by atoms with Gasteiger partial charge in [-0.3, -0.25) is 9.69 Å². The molecular weight excluding hydrogens is 296 g/mol. The largest absolute Gasteiger partial charge is 0.375 e. The van der Waals surface area contributed by atoms with Crippen LogP contribution in [0.5, 0.6) is 0 Å². The van der Waals surface area contributed by atoms with Crippen molar-refractivity contribution in [1.29, 1.82) is 0 Å². The molecule has 7 heteroatoms. The molecule has 4 heterocycles. The Hall–Kier alpha value is -1.99. The maximum absolute atomic E-state index is 12.0. The molecule has 0 unspecified atom stereocenters. The highest BCUT2D eigenvalue weighted by molar-refractivity contribution is 5.17. The molecule has 0 aromatic carbocycles. The van der Waals surface area contributed by atoms with Gasteiger partial charge in [0.05, 0.1) is 6.54 Å². The van der Waals surface area contributed by atoms with E-state index in [2.05, 4.69) is 21.1 Å². The van der Waals surface area contributed by atoms with E-state index in [1.807, 2.05) is 10.6 Å². The van der Waals surface area contributed by atoms with Gasteiger partial charge < -0.3 is 13.8 Å². The number of rotatable bonds is 4. The van der Waals surface area contributed by atoms with Crippen LogP contribution in [0.25, 0.3) is 0 Å². The van der Waals surface area contributed by atoms with Crippen molar-refractivity contribution in [2.45, 2.75) is 32.0 Å². The first-order chi connectivity index (χ1) is 11.2. The van der Waals surface area contributed by atoms with E-state index in [1.165, 1.54) is 0 Å². The SMILES string of the molecule is COCc1nc(CN2C[C@H]3C[C@@H](C2)c2cccc(=O)n2C3)no1. The highest BCUT2D eigenvalue weighted by atomic mass is 16.5. The van der Waals surface area contributed by atoms with Gasteiger partial charge in [0.25, 0.3) is 11.4 Å². The van der Waals surface area contributed by atoms with E-state index in [-0.39, 0.29) is 5.56 Å². The Morgan fingerprint density at radius 3 is 3.13 bits per heavy atom. The highest BCUT2D eigenvalue weighted by Crippen LogP contribution is 2.35. The van der Waals surface area contributed by atoms with E-state index in [0.29, 0.717) is 36.7 Å². The van der Waals surface area contributed by atoms with Gasteiger partial charge in [0, 0.05) is 44.4 Å². The molecule has 1 fully saturated rings. The summed E-state index contributed by atoms with van der Waals surface area (Å²) in [5, 5.41) is 4.02. The Labute approximate surface area is 133 Å². The second kappa shape index (κ2) is 5.90. The average molecular weight is 316 g/mol. The summed E-state index contributed by atoms with van der Waals surface area (Å²) in [5.41, 5.74) is 1.28. The van der Waals surface area contributed by atoms with E-state index < -0.39 is 0 Å². The van der Waals surface area contributed by atoms with Gasteiger partial charge in [-0.05, 0) is 18.4 Å². The van der Waals surface area contributed by atoms with Crippen LogP contribution in [-0.2, 0) is 24.4 Å². The molecule has 0 saturated carbocycles. The summed E-state index contributed by atoms with van der Waals surface area (Å²) in [4.78, 5) is 18.7. The van der Waals surface area contributed by atoms with Crippen LogP contribution in [0.15, 0.2) is 27.5 Å². The van der Waals surface area contributed by atoms with Crippen LogP contribution in [0.4, 0.5) is 0 Å². The van der Waals surface area contributed by atoms with Crippen LogP contribution >= 0.6 is 0 Å². The summed E-state index contributed by atoms with van der Waals surface area (Å²) in [5.74, 6) is 2.12. The zero-order valence-electron chi connectivity index (χ0n) is 13.1. The lowest BCUT2D eigenvalue weighted by molar-refractivity contribution is 0.111. The van der Waals surface area contributed by atoms with Gasteiger partial charge in [-0.2, -0.15) is 4.98 Å². The van der Waals surface area contributed by atoms with E-state index in [4.69, 9.17) is 9.26 Å².